The van der Waals surface area contributed by atoms with Gasteiger partial charge in [0, 0.05) is 16.8 Å². The molecule has 0 aliphatic carbocycles. The molecule has 0 spiro atoms. The molecular formula is C20H20N2O4S. The van der Waals surface area contributed by atoms with Gasteiger partial charge in [-0.05, 0) is 55.1 Å². The van der Waals surface area contributed by atoms with Crippen molar-refractivity contribution in [1.82, 2.24) is 0 Å². The van der Waals surface area contributed by atoms with Crippen LogP contribution in [0.25, 0.3) is 10.1 Å². The maximum atomic E-state index is 12.7. The maximum Gasteiger partial charge on any atom is 0.405 e. The number of nitrogens with one attached hydrogen (secondary N) is 1. The highest BCUT2D eigenvalue weighted by Gasteiger charge is 2.24. The van der Waals surface area contributed by atoms with E-state index in [1.807, 2.05) is 18.2 Å². The number of amides is 2. The topological polar surface area (TPSA) is 102 Å². The van der Waals surface area contributed by atoms with Crippen LogP contribution in [-0.2, 0) is 11.2 Å². The van der Waals surface area contributed by atoms with Crippen LogP contribution in [0.15, 0.2) is 48.5 Å². The number of para-hydroxylation sites is 1. The number of primary amides is 1. The zero-order chi connectivity index (χ0) is 19.6. The summed E-state index contributed by atoms with van der Waals surface area (Å²) < 4.78 is 6.06. The average molecular weight is 384 g/mol. The predicted octanol–water partition coefficient (Wildman–Crippen LogP) is 4.28. The smallest absolute Gasteiger partial charge is 0.405 e. The molecule has 0 saturated heterocycles. The van der Waals surface area contributed by atoms with E-state index in [-0.39, 0.29) is 11.7 Å². The second kappa shape index (κ2) is 7.28. The van der Waals surface area contributed by atoms with Crippen molar-refractivity contribution >= 4 is 39.1 Å². The number of carbonyl (C=O) groups is 2. The second-order valence-electron chi connectivity index (χ2n) is 6.80. The molecule has 0 aliphatic heterocycles. The number of benzene rings is 2. The number of thiophene rings is 1. The van der Waals surface area contributed by atoms with E-state index >= 15 is 0 Å². The van der Waals surface area contributed by atoms with E-state index in [1.54, 1.807) is 44.2 Å². The average Bonchev–Trinajstić information content (AvgIpc) is 2.98. The largest absolute Gasteiger partial charge is 0.508 e. The molecule has 140 valence electrons. The molecule has 2 amide bonds. The highest BCUT2D eigenvalue weighted by atomic mass is 32.1. The number of phenols is 1. The van der Waals surface area contributed by atoms with Gasteiger partial charge >= 0.3 is 6.09 Å². The van der Waals surface area contributed by atoms with Crippen LogP contribution in [0.4, 0.5) is 10.5 Å². The molecule has 4 N–H and O–H groups in total. The van der Waals surface area contributed by atoms with Crippen molar-refractivity contribution in [1.29, 1.82) is 0 Å². The normalized spacial score (nSPS) is 11.3. The molecule has 1 aromatic heterocycles. The van der Waals surface area contributed by atoms with E-state index in [0.717, 1.165) is 15.6 Å². The van der Waals surface area contributed by atoms with Crippen molar-refractivity contribution in [3.05, 3.63) is 59.0 Å². The van der Waals surface area contributed by atoms with Gasteiger partial charge in [-0.15, -0.1) is 11.3 Å². The van der Waals surface area contributed by atoms with Crippen molar-refractivity contribution in [2.45, 2.75) is 25.9 Å². The van der Waals surface area contributed by atoms with E-state index in [1.165, 1.54) is 11.3 Å². The summed E-state index contributed by atoms with van der Waals surface area (Å²) in [5, 5.41) is 13.3. The third-order valence-electron chi connectivity index (χ3n) is 3.98. The van der Waals surface area contributed by atoms with Crippen LogP contribution >= 0.6 is 11.3 Å². The Balaban J connectivity index is 1.82. The van der Waals surface area contributed by atoms with Crippen LogP contribution in [0, 0.1) is 0 Å². The fourth-order valence-electron chi connectivity index (χ4n) is 2.89. The van der Waals surface area contributed by atoms with Gasteiger partial charge in [0.1, 0.15) is 11.4 Å². The first-order valence-electron chi connectivity index (χ1n) is 8.34. The molecule has 0 unspecified atom stereocenters. The number of ether oxygens (including phenoxy) is 1. The maximum absolute atomic E-state index is 12.7. The van der Waals surface area contributed by atoms with E-state index in [9.17, 15) is 14.7 Å². The first-order chi connectivity index (χ1) is 12.7. The van der Waals surface area contributed by atoms with E-state index in [4.69, 9.17) is 10.5 Å². The summed E-state index contributed by atoms with van der Waals surface area (Å²) in [5.41, 5.74) is 5.80. The van der Waals surface area contributed by atoms with Crippen molar-refractivity contribution in [3.63, 3.8) is 0 Å². The zero-order valence-electron chi connectivity index (χ0n) is 15.0. The summed E-state index contributed by atoms with van der Waals surface area (Å²) in [6.07, 6.45) is -0.442. The van der Waals surface area contributed by atoms with Crippen LogP contribution < -0.4 is 11.1 Å². The van der Waals surface area contributed by atoms with Crippen molar-refractivity contribution in [2.24, 2.45) is 5.73 Å². The number of anilines is 1. The standard InChI is InChI=1S/C20H20N2O4S/c1-20(2,26-19(21)25)11-12-5-3-4-6-15(12)22-18(24)17-10-13-9-14(23)7-8-16(13)27-17/h3-10,23H,11H2,1-2H3,(H2,21,25)(H,22,24). The third kappa shape index (κ3) is 4.57. The Labute approximate surface area is 160 Å². The fraction of sp³-hybridized carbons (Fsp3) is 0.200. The van der Waals surface area contributed by atoms with Crippen LogP contribution in [0.1, 0.15) is 29.1 Å². The minimum Gasteiger partial charge on any atom is -0.508 e. The van der Waals surface area contributed by atoms with Gasteiger partial charge in [-0.1, -0.05) is 18.2 Å². The molecule has 1 heterocycles. The lowest BCUT2D eigenvalue weighted by atomic mass is 9.97. The van der Waals surface area contributed by atoms with Gasteiger partial charge in [0.2, 0.25) is 0 Å². The molecule has 7 heteroatoms. The predicted molar refractivity (Wildman–Crippen MR) is 106 cm³/mol. The third-order valence-corrected chi connectivity index (χ3v) is 5.10. The Morgan fingerprint density at radius 1 is 1.19 bits per heavy atom. The van der Waals surface area contributed by atoms with Crippen LogP contribution in [-0.4, -0.2) is 22.7 Å². The number of rotatable bonds is 5. The molecule has 6 nitrogen and oxygen atoms in total. The van der Waals surface area contributed by atoms with Gasteiger partial charge in [0.15, 0.2) is 0 Å². The molecule has 0 radical (unpaired) electrons. The minimum atomic E-state index is -0.838. The van der Waals surface area contributed by atoms with E-state index < -0.39 is 11.7 Å². The molecule has 0 fully saturated rings. The first kappa shape index (κ1) is 18.7. The van der Waals surface area contributed by atoms with Gasteiger partial charge < -0.3 is 20.9 Å². The van der Waals surface area contributed by atoms with Gasteiger partial charge in [0.05, 0.1) is 4.88 Å². The number of phenolic OH excluding ortho intramolecular Hbond substituents is 1. The summed E-state index contributed by atoms with van der Waals surface area (Å²) in [6, 6.07) is 14.1. The van der Waals surface area contributed by atoms with Gasteiger partial charge in [0.25, 0.3) is 5.91 Å². The minimum absolute atomic E-state index is 0.161. The molecule has 0 atom stereocenters. The lowest BCUT2D eigenvalue weighted by molar-refractivity contribution is 0.0461. The van der Waals surface area contributed by atoms with Gasteiger partial charge in [-0.25, -0.2) is 4.79 Å². The molecule has 27 heavy (non-hydrogen) atoms. The SMILES string of the molecule is CC(C)(Cc1ccccc1NC(=O)c1cc2cc(O)ccc2s1)OC(N)=O. The number of fused-ring (bicyclic) bond motifs is 1. The van der Waals surface area contributed by atoms with Crippen molar-refractivity contribution < 1.29 is 19.4 Å². The molecular weight excluding hydrogens is 364 g/mol. The van der Waals surface area contributed by atoms with Crippen molar-refractivity contribution in [3.8, 4) is 5.75 Å². The summed E-state index contributed by atoms with van der Waals surface area (Å²) in [7, 11) is 0. The van der Waals surface area contributed by atoms with E-state index in [2.05, 4.69) is 5.32 Å². The highest BCUT2D eigenvalue weighted by molar-refractivity contribution is 7.20. The summed E-state index contributed by atoms with van der Waals surface area (Å²) in [6.45, 7) is 3.52. The number of hydrogen-bond donors (Lipinski definition) is 3. The fourth-order valence-corrected chi connectivity index (χ4v) is 3.83. The monoisotopic (exact) mass is 384 g/mol. The zero-order valence-corrected chi connectivity index (χ0v) is 15.8. The molecule has 0 aliphatic rings. The number of hydrogen-bond acceptors (Lipinski definition) is 5. The van der Waals surface area contributed by atoms with Crippen LogP contribution in [0.2, 0.25) is 0 Å². The Morgan fingerprint density at radius 3 is 2.67 bits per heavy atom. The molecule has 0 saturated carbocycles. The van der Waals surface area contributed by atoms with Gasteiger partial charge in [-0.3, -0.25) is 4.79 Å². The lowest BCUT2D eigenvalue weighted by Crippen LogP contribution is -2.33. The Bertz CT molecular complexity index is 1010. The summed E-state index contributed by atoms with van der Waals surface area (Å²) >= 11 is 1.35. The second-order valence-corrected chi connectivity index (χ2v) is 7.89. The molecule has 0 bridgehead atoms. The summed E-state index contributed by atoms with van der Waals surface area (Å²) in [4.78, 5) is 24.3. The summed E-state index contributed by atoms with van der Waals surface area (Å²) in [5.74, 6) is -0.0777. The van der Waals surface area contributed by atoms with E-state index in [0.29, 0.717) is 17.0 Å². The quantitative estimate of drug-likeness (QED) is 0.611. The Hall–Kier alpha value is -3.06. The van der Waals surface area contributed by atoms with Crippen LogP contribution in [0.3, 0.4) is 0 Å². The van der Waals surface area contributed by atoms with Crippen molar-refractivity contribution in [2.75, 3.05) is 5.32 Å². The molecule has 3 aromatic rings. The highest BCUT2D eigenvalue weighted by Crippen LogP contribution is 2.30. The Kier molecular flexibility index (Phi) is 5.05. The number of carbonyl (C=O) groups excluding carboxylic acids is 2. The van der Waals surface area contributed by atoms with Crippen LogP contribution in [0.5, 0.6) is 5.75 Å². The Morgan fingerprint density at radius 2 is 1.93 bits per heavy atom. The molecule has 3 rings (SSSR count). The number of aromatic hydroxyl groups is 1. The lowest BCUT2D eigenvalue weighted by Gasteiger charge is -2.25. The number of nitrogens with two attached hydrogens (primary N) is 1. The first-order valence-corrected chi connectivity index (χ1v) is 9.15. The molecule has 2 aromatic carbocycles. The van der Waals surface area contributed by atoms with Gasteiger partial charge in [-0.2, -0.15) is 0 Å².